The fraction of sp³-hybridized carbons (Fsp3) is 1.00. The Morgan fingerprint density at radius 2 is 1.41 bits per heavy atom. The van der Waals surface area contributed by atoms with Gasteiger partial charge in [0.15, 0.2) is 0 Å². The van der Waals surface area contributed by atoms with Gasteiger partial charge in [-0.3, -0.25) is 0 Å². The highest BCUT2D eigenvalue weighted by atomic mass is 15.2. The molecule has 2 nitrogen and oxygen atoms in total. The van der Waals surface area contributed by atoms with Crippen LogP contribution in [0.2, 0.25) is 0 Å². The fourth-order valence-electron chi connectivity index (χ4n) is 4.31. The number of hydrogen-bond donors (Lipinski definition) is 1. The zero-order valence-electron chi connectivity index (χ0n) is 11.5. The van der Waals surface area contributed by atoms with Crippen LogP contribution in [-0.2, 0) is 0 Å². The zero-order chi connectivity index (χ0) is 11.8. The van der Waals surface area contributed by atoms with Crippen LogP contribution < -0.4 is 5.32 Å². The van der Waals surface area contributed by atoms with Gasteiger partial charge in [0.2, 0.25) is 0 Å². The Morgan fingerprint density at radius 1 is 0.824 bits per heavy atom. The molecule has 2 atom stereocenters. The molecule has 0 radical (unpaired) electrons. The van der Waals surface area contributed by atoms with Crippen molar-refractivity contribution in [1.82, 2.24) is 10.2 Å². The maximum Gasteiger partial charge on any atom is 0.0111 e. The van der Waals surface area contributed by atoms with Crippen LogP contribution in [0.3, 0.4) is 0 Å². The summed E-state index contributed by atoms with van der Waals surface area (Å²) in [5, 5.41) is 3.97. The van der Waals surface area contributed by atoms with Crippen LogP contribution in [0.5, 0.6) is 0 Å². The SMILES string of the molecule is CC1CCC(NC2CC3CCC(C2)N3C)CC1. The monoisotopic (exact) mass is 236 g/mol. The first-order valence-electron chi connectivity index (χ1n) is 7.70. The van der Waals surface area contributed by atoms with Gasteiger partial charge in [-0.25, -0.2) is 0 Å². The number of hydrogen-bond acceptors (Lipinski definition) is 2. The van der Waals surface area contributed by atoms with Gasteiger partial charge >= 0.3 is 0 Å². The van der Waals surface area contributed by atoms with Crippen molar-refractivity contribution in [2.24, 2.45) is 5.92 Å². The summed E-state index contributed by atoms with van der Waals surface area (Å²) in [6, 6.07) is 3.42. The summed E-state index contributed by atoms with van der Waals surface area (Å²) in [6.07, 6.45) is 11.4. The van der Waals surface area contributed by atoms with Crippen molar-refractivity contribution in [3.8, 4) is 0 Å². The Bertz CT molecular complexity index is 244. The minimum atomic E-state index is 0.821. The zero-order valence-corrected chi connectivity index (χ0v) is 11.5. The lowest BCUT2D eigenvalue weighted by Gasteiger charge is -2.39. The summed E-state index contributed by atoms with van der Waals surface area (Å²) in [4.78, 5) is 2.64. The molecule has 3 fully saturated rings. The van der Waals surface area contributed by atoms with Gasteiger partial charge in [0, 0.05) is 24.2 Å². The van der Waals surface area contributed by atoms with Crippen LogP contribution in [0.4, 0.5) is 0 Å². The molecule has 0 aromatic heterocycles. The van der Waals surface area contributed by atoms with E-state index in [2.05, 4.69) is 24.2 Å². The number of nitrogens with one attached hydrogen (secondary N) is 1. The fourth-order valence-corrected chi connectivity index (χ4v) is 4.31. The van der Waals surface area contributed by atoms with E-state index in [9.17, 15) is 0 Å². The van der Waals surface area contributed by atoms with E-state index < -0.39 is 0 Å². The van der Waals surface area contributed by atoms with Gasteiger partial charge in [-0.05, 0) is 64.3 Å². The molecule has 2 heteroatoms. The van der Waals surface area contributed by atoms with Gasteiger partial charge in [-0.1, -0.05) is 6.92 Å². The summed E-state index contributed by atoms with van der Waals surface area (Å²) >= 11 is 0. The van der Waals surface area contributed by atoms with E-state index in [1.165, 1.54) is 51.4 Å². The molecule has 0 aromatic carbocycles. The number of piperidine rings is 1. The minimum absolute atomic E-state index is 0.821. The molecular weight excluding hydrogens is 208 g/mol. The molecule has 0 aromatic rings. The number of nitrogens with zero attached hydrogens (tertiary/aromatic N) is 1. The largest absolute Gasteiger partial charge is 0.311 e. The van der Waals surface area contributed by atoms with Crippen molar-refractivity contribution in [3.63, 3.8) is 0 Å². The highest BCUT2D eigenvalue weighted by Crippen LogP contribution is 2.35. The average Bonchev–Trinajstić information content (AvgIpc) is 2.55. The first-order chi connectivity index (χ1) is 8.22. The first kappa shape index (κ1) is 12.0. The molecule has 98 valence electrons. The second-order valence-corrected chi connectivity index (χ2v) is 6.84. The number of rotatable bonds is 2. The standard InChI is InChI=1S/C15H28N2/c1-11-3-5-12(6-4-11)16-13-9-14-7-8-15(10-13)17(14)2/h11-16H,3-10H2,1-2H3. The van der Waals surface area contributed by atoms with Crippen molar-refractivity contribution < 1.29 is 0 Å². The summed E-state index contributed by atoms with van der Waals surface area (Å²) in [5.41, 5.74) is 0. The predicted octanol–water partition coefficient (Wildman–Crippen LogP) is 2.78. The summed E-state index contributed by atoms with van der Waals surface area (Å²) in [6.45, 7) is 2.41. The van der Waals surface area contributed by atoms with E-state index in [1.807, 2.05) is 0 Å². The van der Waals surface area contributed by atoms with Crippen LogP contribution in [0.15, 0.2) is 0 Å². The maximum absolute atomic E-state index is 3.97. The molecule has 3 aliphatic rings. The normalized spacial score (nSPS) is 47.3. The molecule has 1 saturated carbocycles. The molecular formula is C15H28N2. The van der Waals surface area contributed by atoms with Crippen LogP contribution in [0.25, 0.3) is 0 Å². The maximum atomic E-state index is 3.97. The topological polar surface area (TPSA) is 15.3 Å². The van der Waals surface area contributed by atoms with E-state index in [-0.39, 0.29) is 0 Å². The Labute approximate surface area is 106 Å². The third-order valence-corrected chi connectivity index (χ3v) is 5.59. The Balaban J connectivity index is 1.50. The van der Waals surface area contributed by atoms with Crippen molar-refractivity contribution >= 4 is 0 Å². The molecule has 2 saturated heterocycles. The second kappa shape index (κ2) is 4.89. The molecule has 2 heterocycles. The molecule has 0 spiro atoms. The van der Waals surface area contributed by atoms with Crippen molar-refractivity contribution in [3.05, 3.63) is 0 Å². The van der Waals surface area contributed by atoms with Crippen LogP contribution >= 0.6 is 0 Å². The van der Waals surface area contributed by atoms with Gasteiger partial charge < -0.3 is 10.2 Å². The van der Waals surface area contributed by atoms with Gasteiger partial charge in [-0.2, -0.15) is 0 Å². The summed E-state index contributed by atoms with van der Waals surface area (Å²) in [5.74, 6) is 0.974. The Kier molecular flexibility index (Phi) is 3.45. The van der Waals surface area contributed by atoms with E-state index in [1.54, 1.807) is 0 Å². The smallest absolute Gasteiger partial charge is 0.0111 e. The molecule has 17 heavy (non-hydrogen) atoms. The van der Waals surface area contributed by atoms with Crippen LogP contribution in [-0.4, -0.2) is 36.1 Å². The van der Waals surface area contributed by atoms with Crippen molar-refractivity contribution in [2.75, 3.05) is 7.05 Å². The molecule has 1 aliphatic carbocycles. The highest BCUT2D eigenvalue weighted by molar-refractivity contribution is 4.97. The second-order valence-electron chi connectivity index (χ2n) is 6.84. The van der Waals surface area contributed by atoms with Crippen molar-refractivity contribution in [1.29, 1.82) is 0 Å². The Hall–Kier alpha value is -0.0800. The summed E-state index contributed by atoms with van der Waals surface area (Å²) < 4.78 is 0. The molecule has 0 amide bonds. The Morgan fingerprint density at radius 3 is 2.00 bits per heavy atom. The molecule has 2 unspecified atom stereocenters. The third kappa shape index (κ3) is 2.53. The minimum Gasteiger partial charge on any atom is -0.311 e. The van der Waals surface area contributed by atoms with Gasteiger partial charge in [0.25, 0.3) is 0 Å². The summed E-state index contributed by atoms with van der Waals surface area (Å²) in [7, 11) is 2.33. The average molecular weight is 236 g/mol. The van der Waals surface area contributed by atoms with E-state index in [0.717, 1.165) is 30.1 Å². The van der Waals surface area contributed by atoms with Crippen molar-refractivity contribution in [2.45, 2.75) is 82.5 Å². The lowest BCUT2D eigenvalue weighted by Crippen LogP contribution is -2.50. The van der Waals surface area contributed by atoms with E-state index in [4.69, 9.17) is 0 Å². The van der Waals surface area contributed by atoms with Gasteiger partial charge in [0.1, 0.15) is 0 Å². The van der Waals surface area contributed by atoms with Gasteiger partial charge in [0.05, 0.1) is 0 Å². The van der Waals surface area contributed by atoms with Crippen LogP contribution in [0, 0.1) is 5.92 Å². The van der Waals surface area contributed by atoms with E-state index in [0.29, 0.717) is 0 Å². The lowest BCUT2D eigenvalue weighted by molar-refractivity contribution is 0.136. The number of fused-ring (bicyclic) bond motifs is 2. The first-order valence-corrected chi connectivity index (χ1v) is 7.70. The molecule has 2 aliphatic heterocycles. The molecule has 2 bridgehead atoms. The van der Waals surface area contributed by atoms with E-state index >= 15 is 0 Å². The highest BCUT2D eigenvalue weighted by Gasteiger charge is 2.38. The quantitative estimate of drug-likeness (QED) is 0.793. The third-order valence-electron chi connectivity index (χ3n) is 5.59. The van der Waals surface area contributed by atoms with Crippen LogP contribution in [0.1, 0.15) is 58.3 Å². The predicted molar refractivity (Wildman–Crippen MR) is 72.2 cm³/mol. The lowest BCUT2D eigenvalue weighted by atomic mass is 9.86. The molecule has 3 rings (SSSR count). The molecule has 1 N–H and O–H groups in total. The van der Waals surface area contributed by atoms with Gasteiger partial charge in [-0.15, -0.1) is 0 Å².